The first kappa shape index (κ1) is 17.3. The van der Waals surface area contributed by atoms with E-state index in [1.54, 1.807) is 0 Å². The van der Waals surface area contributed by atoms with Crippen LogP contribution in [-0.2, 0) is 11.2 Å². The summed E-state index contributed by atoms with van der Waals surface area (Å²) in [7, 11) is 0. The molecule has 1 amide bonds. The third kappa shape index (κ3) is 6.70. The predicted molar refractivity (Wildman–Crippen MR) is 97.9 cm³/mol. The van der Waals surface area contributed by atoms with Gasteiger partial charge < -0.3 is 0 Å². The van der Waals surface area contributed by atoms with Gasteiger partial charge in [-0.15, -0.1) is 11.8 Å². The maximum absolute atomic E-state index is 11.8. The fourth-order valence-electron chi connectivity index (χ4n) is 2.00. The van der Waals surface area contributed by atoms with Gasteiger partial charge in [-0.1, -0.05) is 48.0 Å². The average Bonchev–Trinajstić information content (AvgIpc) is 2.58. The summed E-state index contributed by atoms with van der Waals surface area (Å²) in [6.07, 6.45) is 1.78. The van der Waals surface area contributed by atoms with Crippen molar-refractivity contribution in [3.05, 3.63) is 65.7 Å². The van der Waals surface area contributed by atoms with Gasteiger partial charge in [0.15, 0.2) is 0 Å². The summed E-state index contributed by atoms with van der Waals surface area (Å²) < 4.78 is 0. The Morgan fingerprint density at radius 3 is 2.48 bits per heavy atom. The predicted octanol–water partition coefficient (Wildman–Crippen LogP) is 4.21. The number of aryl methyl sites for hydroxylation is 2. The molecule has 3 nitrogen and oxygen atoms in total. The zero-order valence-corrected chi connectivity index (χ0v) is 14.4. The van der Waals surface area contributed by atoms with Crippen LogP contribution >= 0.6 is 11.8 Å². The molecule has 2 aromatic carbocycles. The molecule has 4 heteroatoms. The first-order valence-electron chi connectivity index (χ1n) is 7.69. The number of thioether (sulfide) groups is 1. The molecule has 0 atom stereocenters. The van der Waals surface area contributed by atoms with E-state index in [1.165, 1.54) is 22.9 Å². The number of nitrogens with one attached hydrogen (secondary N) is 1. The fraction of sp³-hybridized carbons (Fsp3) is 0.263. The Kier molecular flexibility index (Phi) is 6.88. The molecular weight excluding hydrogens is 304 g/mol. The van der Waals surface area contributed by atoms with Crippen molar-refractivity contribution in [1.29, 1.82) is 0 Å². The van der Waals surface area contributed by atoms with Gasteiger partial charge >= 0.3 is 0 Å². The number of hydrazone groups is 1. The van der Waals surface area contributed by atoms with Crippen LogP contribution in [0.1, 0.15) is 24.5 Å². The highest BCUT2D eigenvalue weighted by Gasteiger charge is 2.02. The Balaban J connectivity index is 1.71. The molecule has 0 saturated heterocycles. The topological polar surface area (TPSA) is 41.5 Å². The summed E-state index contributed by atoms with van der Waals surface area (Å²) in [5.41, 5.74) is 6.06. The van der Waals surface area contributed by atoms with Gasteiger partial charge in [-0.05, 0) is 44.4 Å². The minimum Gasteiger partial charge on any atom is -0.272 e. The van der Waals surface area contributed by atoms with E-state index in [-0.39, 0.29) is 5.91 Å². The number of amides is 1. The molecule has 0 spiro atoms. The van der Waals surface area contributed by atoms with E-state index < -0.39 is 0 Å². The summed E-state index contributed by atoms with van der Waals surface area (Å²) in [5.74, 6) is 0.299. The van der Waals surface area contributed by atoms with Gasteiger partial charge in [0.05, 0.1) is 5.75 Å². The van der Waals surface area contributed by atoms with Crippen molar-refractivity contribution >= 4 is 23.4 Å². The maximum Gasteiger partial charge on any atom is 0.250 e. The van der Waals surface area contributed by atoms with Crippen LogP contribution in [0.4, 0.5) is 0 Å². The number of benzene rings is 2. The molecule has 0 heterocycles. The minimum absolute atomic E-state index is 0.0744. The molecule has 0 aliphatic carbocycles. The van der Waals surface area contributed by atoms with Gasteiger partial charge in [0.2, 0.25) is 5.91 Å². The Labute approximate surface area is 142 Å². The molecule has 0 unspecified atom stereocenters. The van der Waals surface area contributed by atoms with Crippen molar-refractivity contribution in [3.63, 3.8) is 0 Å². The van der Waals surface area contributed by atoms with Crippen molar-refractivity contribution in [2.45, 2.75) is 31.6 Å². The highest BCUT2D eigenvalue weighted by molar-refractivity contribution is 8.00. The summed E-state index contributed by atoms with van der Waals surface area (Å²) in [6, 6.07) is 18.4. The van der Waals surface area contributed by atoms with Gasteiger partial charge in [0, 0.05) is 10.6 Å². The second-order valence-electron chi connectivity index (χ2n) is 5.47. The number of carbonyl (C=O) groups is 1. The third-order valence-corrected chi connectivity index (χ3v) is 4.39. The van der Waals surface area contributed by atoms with E-state index in [2.05, 4.69) is 22.7 Å². The molecule has 2 aromatic rings. The largest absolute Gasteiger partial charge is 0.272 e. The molecule has 120 valence electrons. The van der Waals surface area contributed by atoms with Gasteiger partial charge in [0.1, 0.15) is 0 Å². The monoisotopic (exact) mass is 326 g/mol. The van der Waals surface area contributed by atoms with Crippen LogP contribution in [-0.4, -0.2) is 17.4 Å². The fourth-order valence-corrected chi connectivity index (χ4v) is 2.69. The molecule has 0 bridgehead atoms. The minimum atomic E-state index is -0.0744. The number of hydrogen-bond acceptors (Lipinski definition) is 3. The molecule has 0 aliphatic rings. The lowest BCUT2D eigenvalue weighted by atomic mass is 10.1. The van der Waals surface area contributed by atoms with Crippen LogP contribution < -0.4 is 5.43 Å². The number of hydrogen-bond donors (Lipinski definition) is 1. The number of carbonyl (C=O) groups excluding carboxylic acids is 1. The van der Waals surface area contributed by atoms with Crippen molar-refractivity contribution in [2.75, 3.05) is 5.75 Å². The zero-order valence-electron chi connectivity index (χ0n) is 13.6. The van der Waals surface area contributed by atoms with E-state index in [9.17, 15) is 4.79 Å². The Morgan fingerprint density at radius 1 is 1.09 bits per heavy atom. The smallest absolute Gasteiger partial charge is 0.250 e. The van der Waals surface area contributed by atoms with Gasteiger partial charge in [0.25, 0.3) is 0 Å². The van der Waals surface area contributed by atoms with E-state index in [0.717, 1.165) is 23.4 Å². The number of nitrogens with zero attached hydrogens (tertiary/aromatic N) is 1. The second-order valence-corrected chi connectivity index (χ2v) is 6.52. The molecule has 23 heavy (non-hydrogen) atoms. The highest BCUT2D eigenvalue weighted by atomic mass is 32.2. The van der Waals surface area contributed by atoms with Crippen LogP contribution in [0.2, 0.25) is 0 Å². The van der Waals surface area contributed by atoms with E-state index in [0.29, 0.717) is 5.75 Å². The van der Waals surface area contributed by atoms with Gasteiger partial charge in [-0.3, -0.25) is 4.79 Å². The molecule has 0 fully saturated rings. The Morgan fingerprint density at radius 2 is 1.78 bits per heavy atom. The van der Waals surface area contributed by atoms with Gasteiger partial charge in [-0.25, -0.2) is 5.43 Å². The first-order valence-corrected chi connectivity index (χ1v) is 8.67. The van der Waals surface area contributed by atoms with Crippen molar-refractivity contribution in [3.8, 4) is 0 Å². The SMILES string of the molecule is C/C(CCc1ccccc1)=N/NC(=O)CSc1ccc(C)cc1. The summed E-state index contributed by atoms with van der Waals surface area (Å²) in [5, 5.41) is 4.17. The lowest BCUT2D eigenvalue weighted by Crippen LogP contribution is -2.21. The third-order valence-electron chi connectivity index (χ3n) is 3.38. The van der Waals surface area contributed by atoms with Crippen LogP contribution in [0.25, 0.3) is 0 Å². The molecule has 0 saturated carbocycles. The van der Waals surface area contributed by atoms with Crippen LogP contribution in [0.5, 0.6) is 0 Å². The van der Waals surface area contributed by atoms with Crippen LogP contribution in [0, 0.1) is 6.92 Å². The molecule has 0 aromatic heterocycles. The standard InChI is InChI=1S/C19H22N2OS/c1-15-8-12-18(13-9-15)23-14-19(22)21-20-16(2)10-11-17-6-4-3-5-7-17/h3-9,12-13H,10-11,14H2,1-2H3,(H,21,22)/b20-16-. The normalized spacial score (nSPS) is 11.3. The summed E-state index contributed by atoms with van der Waals surface area (Å²) in [4.78, 5) is 12.9. The molecule has 1 N–H and O–H groups in total. The van der Waals surface area contributed by atoms with Crippen molar-refractivity contribution in [2.24, 2.45) is 5.10 Å². The van der Waals surface area contributed by atoms with Crippen LogP contribution in [0.15, 0.2) is 64.6 Å². The molecule has 2 rings (SSSR count). The highest BCUT2D eigenvalue weighted by Crippen LogP contribution is 2.17. The Bertz CT molecular complexity index is 651. The molecule has 0 aliphatic heterocycles. The average molecular weight is 326 g/mol. The van der Waals surface area contributed by atoms with Crippen molar-refractivity contribution in [1.82, 2.24) is 5.43 Å². The molecule has 0 radical (unpaired) electrons. The first-order chi connectivity index (χ1) is 11.1. The summed E-state index contributed by atoms with van der Waals surface area (Å²) >= 11 is 1.52. The van der Waals surface area contributed by atoms with Crippen LogP contribution in [0.3, 0.4) is 0 Å². The van der Waals surface area contributed by atoms with E-state index in [4.69, 9.17) is 0 Å². The van der Waals surface area contributed by atoms with Crippen molar-refractivity contribution < 1.29 is 4.79 Å². The lowest BCUT2D eigenvalue weighted by molar-refractivity contribution is -0.118. The maximum atomic E-state index is 11.8. The Hall–Kier alpha value is -2.07. The number of rotatable bonds is 7. The second kappa shape index (κ2) is 9.16. The lowest BCUT2D eigenvalue weighted by Gasteiger charge is -2.04. The zero-order chi connectivity index (χ0) is 16.5. The quantitative estimate of drug-likeness (QED) is 0.470. The van der Waals surface area contributed by atoms with Gasteiger partial charge in [-0.2, -0.15) is 5.10 Å². The van der Waals surface area contributed by atoms with E-state index >= 15 is 0 Å². The van der Waals surface area contributed by atoms with E-state index in [1.807, 2.05) is 56.3 Å². The molecular formula is C19H22N2OS. The summed E-state index contributed by atoms with van der Waals surface area (Å²) in [6.45, 7) is 3.99.